The number of carbonyl (C=O) groups is 2. The third-order valence-electron chi connectivity index (χ3n) is 3.91. The lowest BCUT2D eigenvalue weighted by atomic mass is 9.70. The summed E-state index contributed by atoms with van der Waals surface area (Å²) in [5, 5.41) is 0. The van der Waals surface area contributed by atoms with E-state index in [2.05, 4.69) is 20.8 Å². The van der Waals surface area contributed by atoms with Crippen LogP contribution in [0.1, 0.15) is 47.1 Å². The van der Waals surface area contributed by atoms with Crippen LogP contribution in [0.5, 0.6) is 0 Å². The summed E-state index contributed by atoms with van der Waals surface area (Å²) in [6.07, 6.45) is 1.94. The highest BCUT2D eigenvalue weighted by molar-refractivity contribution is 6.59. The molecule has 0 unspecified atom stereocenters. The zero-order valence-electron chi connectivity index (χ0n) is 14.3. The summed E-state index contributed by atoms with van der Waals surface area (Å²) in [6.45, 7) is 12.1. The lowest BCUT2D eigenvalue weighted by molar-refractivity contribution is -0.131. The molecule has 116 valence electrons. The van der Waals surface area contributed by atoms with Crippen molar-refractivity contribution in [3.63, 3.8) is 0 Å². The monoisotopic (exact) mass is 296 g/mol. The quantitative estimate of drug-likeness (QED) is 0.560. The molecule has 22 heavy (non-hydrogen) atoms. The second-order valence-electron chi connectivity index (χ2n) is 7.87. The molecule has 0 aromatic heterocycles. The maximum absolute atomic E-state index is 12.8. The predicted molar refractivity (Wildman–Crippen MR) is 90.4 cm³/mol. The largest absolute Gasteiger partial charge is 0.285 e. The summed E-state index contributed by atoms with van der Waals surface area (Å²) in [7, 11) is 0. The topological polar surface area (TPSA) is 34.1 Å². The average molecular weight is 296 g/mol. The molecule has 0 heterocycles. The third kappa shape index (κ3) is 2.96. The van der Waals surface area contributed by atoms with Gasteiger partial charge in [0, 0.05) is 11.1 Å². The van der Waals surface area contributed by atoms with Crippen LogP contribution in [0.3, 0.4) is 0 Å². The van der Waals surface area contributed by atoms with Crippen LogP contribution in [0.15, 0.2) is 47.6 Å². The van der Waals surface area contributed by atoms with Crippen molar-refractivity contribution in [3.8, 4) is 0 Å². The van der Waals surface area contributed by atoms with Crippen LogP contribution in [-0.4, -0.2) is 11.6 Å². The van der Waals surface area contributed by atoms with Crippen molar-refractivity contribution in [2.75, 3.05) is 0 Å². The maximum Gasteiger partial charge on any atom is 0.234 e. The van der Waals surface area contributed by atoms with Crippen molar-refractivity contribution in [2.24, 2.45) is 10.8 Å². The predicted octanol–water partition coefficient (Wildman–Crippen LogP) is 4.61. The van der Waals surface area contributed by atoms with Gasteiger partial charge in [-0.1, -0.05) is 71.9 Å². The Kier molecular flexibility index (Phi) is 3.99. The molecule has 2 nitrogen and oxygen atoms in total. The minimum Gasteiger partial charge on any atom is -0.285 e. The van der Waals surface area contributed by atoms with E-state index in [-0.39, 0.29) is 22.4 Å². The Morgan fingerprint density at radius 2 is 1.27 bits per heavy atom. The summed E-state index contributed by atoms with van der Waals surface area (Å²) in [6, 6.07) is 9.48. The molecule has 2 heteroatoms. The van der Waals surface area contributed by atoms with Gasteiger partial charge in [0.15, 0.2) is 0 Å². The van der Waals surface area contributed by atoms with E-state index in [0.29, 0.717) is 11.1 Å². The molecule has 0 aliphatic heterocycles. The number of carbonyl (C=O) groups excluding carboxylic acids is 2. The van der Waals surface area contributed by atoms with E-state index in [9.17, 15) is 9.59 Å². The third-order valence-corrected chi connectivity index (χ3v) is 3.91. The molecule has 0 bridgehead atoms. The maximum atomic E-state index is 12.8. The van der Waals surface area contributed by atoms with E-state index < -0.39 is 0 Å². The van der Waals surface area contributed by atoms with Gasteiger partial charge in [0.1, 0.15) is 0 Å². The lowest BCUT2D eigenvalue weighted by Crippen LogP contribution is -2.31. The van der Waals surface area contributed by atoms with Crippen molar-refractivity contribution in [3.05, 3.63) is 53.1 Å². The lowest BCUT2D eigenvalue weighted by Gasteiger charge is -2.32. The van der Waals surface area contributed by atoms with E-state index in [0.717, 1.165) is 11.1 Å². The van der Waals surface area contributed by atoms with Crippen LogP contribution < -0.4 is 0 Å². The smallest absolute Gasteiger partial charge is 0.234 e. The second kappa shape index (κ2) is 5.35. The first-order chi connectivity index (χ1) is 10.0. The number of ketones is 2. The number of rotatable bonds is 1. The molecule has 2 rings (SSSR count). The minimum atomic E-state index is -0.386. The zero-order chi connectivity index (χ0) is 16.7. The highest BCUT2D eigenvalue weighted by atomic mass is 16.2. The van der Waals surface area contributed by atoms with Gasteiger partial charge in [-0.15, -0.1) is 0 Å². The van der Waals surface area contributed by atoms with Crippen molar-refractivity contribution in [2.45, 2.75) is 41.5 Å². The molecular formula is C20H24O2. The zero-order valence-corrected chi connectivity index (χ0v) is 14.3. The van der Waals surface area contributed by atoms with Gasteiger partial charge < -0.3 is 0 Å². The molecule has 0 radical (unpaired) electrons. The van der Waals surface area contributed by atoms with E-state index in [1.165, 1.54) is 0 Å². The number of allylic oxidation sites excluding steroid dienone is 4. The standard InChI is InChI=1S/C20H24O2/c1-19(2,3)14-12-15(20(4,5)6)17(21)18(22)16(14)13-10-8-7-9-11-13/h7-12H,1-6H3. The van der Waals surface area contributed by atoms with Crippen LogP contribution >= 0.6 is 0 Å². The molecule has 0 atom stereocenters. The fourth-order valence-corrected chi connectivity index (χ4v) is 2.68. The molecule has 0 fully saturated rings. The van der Waals surface area contributed by atoms with Crippen LogP contribution in [0.2, 0.25) is 0 Å². The Morgan fingerprint density at radius 1 is 0.727 bits per heavy atom. The number of hydrogen-bond donors (Lipinski definition) is 0. The summed E-state index contributed by atoms with van der Waals surface area (Å²) >= 11 is 0. The molecular weight excluding hydrogens is 272 g/mol. The molecule has 0 saturated carbocycles. The highest BCUT2D eigenvalue weighted by Gasteiger charge is 2.38. The van der Waals surface area contributed by atoms with E-state index >= 15 is 0 Å². The van der Waals surface area contributed by atoms with Crippen LogP contribution in [0, 0.1) is 10.8 Å². The molecule has 1 aromatic carbocycles. The summed E-state index contributed by atoms with van der Waals surface area (Å²) in [4.78, 5) is 25.4. The first kappa shape index (κ1) is 16.4. The van der Waals surface area contributed by atoms with Crippen LogP contribution in [-0.2, 0) is 9.59 Å². The van der Waals surface area contributed by atoms with Crippen molar-refractivity contribution < 1.29 is 9.59 Å². The normalized spacial score (nSPS) is 16.9. The molecule has 0 amide bonds. The van der Waals surface area contributed by atoms with Gasteiger partial charge in [0.05, 0.1) is 0 Å². The van der Waals surface area contributed by atoms with Gasteiger partial charge in [0.2, 0.25) is 11.6 Å². The molecule has 0 saturated heterocycles. The Bertz CT molecular complexity index is 675. The Labute approximate surface area is 132 Å². The van der Waals surface area contributed by atoms with Crippen molar-refractivity contribution in [1.29, 1.82) is 0 Å². The fraction of sp³-hybridized carbons (Fsp3) is 0.400. The molecule has 0 N–H and O–H groups in total. The van der Waals surface area contributed by atoms with Crippen molar-refractivity contribution in [1.82, 2.24) is 0 Å². The van der Waals surface area contributed by atoms with Crippen molar-refractivity contribution >= 4 is 17.1 Å². The van der Waals surface area contributed by atoms with Gasteiger partial charge >= 0.3 is 0 Å². The number of hydrogen-bond acceptors (Lipinski definition) is 2. The fourth-order valence-electron chi connectivity index (χ4n) is 2.68. The summed E-state index contributed by atoms with van der Waals surface area (Å²) in [5.41, 5.74) is 2.35. The van der Waals surface area contributed by atoms with Gasteiger partial charge in [-0.05, 0) is 28.0 Å². The van der Waals surface area contributed by atoms with Gasteiger partial charge in [0.25, 0.3) is 0 Å². The van der Waals surface area contributed by atoms with E-state index in [1.54, 1.807) is 0 Å². The first-order valence-electron chi connectivity index (χ1n) is 7.65. The average Bonchev–Trinajstić information content (AvgIpc) is 2.39. The first-order valence-corrected chi connectivity index (χ1v) is 7.65. The van der Waals surface area contributed by atoms with Crippen LogP contribution in [0.25, 0.3) is 5.57 Å². The molecule has 0 spiro atoms. The summed E-state index contributed by atoms with van der Waals surface area (Å²) < 4.78 is 0. The Balaban J connectivity index is 2.79. The highest BCUT2D eigenvalue weighted by Crippen LogP contribution is 2.41. The SMILES string of the molecule is CC(C)(C)C1=CC(C(C)(C)C)=C(c2ccccc2)C(=O)C1=O. The van der Waals surface area contributed by atoms with Crippen LogP contribution in [0.4, 0.5) is 0 Å². The van der Waals surface area contributed by atoms with Gasteiger partial charge in [-0.2, -0.15) is 0 Å². The Hall–Kier alpha value is -1.96. The Morgan fingerprint density at radius 3 is 1.73 bits per heavy atom. The van der Waals surface area contributed by atoms with Gasteiger partial charge in [-0.25, -0.2) is 0 Å². The minimum absolute atomic E-state index is 0.210. The number of Topliss-reactive ketones (excluding diaryl/α,β-unsaturated/α-hetero) is 2. The second-order valence-corrected chi connectivity index (χ2v) is 7.87. The van der Waals surface area contributed by atoms with Gasteiger partial charge in [-0.3, -0.25) is 9.59 Å². The number of benzene rings is 1. The van der Waals surface area contributed by atoms with E-state index in [4.69, 9.17) is 0 Å². The van der Waals surface area contributed by atoms with E-state index in [1.807, 2.05) is 57.2 Å². The summed E-state index contributed by atoms with van der Waals surface area (Å²) in [5.74, 6) is -0.761. The molecule has 1 aliphatic carbocycles. The molecule has 1 aromatic rings. The molecule has 1 aliphatic rings.